The van der Waals surface area contributed by atoms with Crippen LogP contribution in [0.25, 0.3) is 22.3 Å². The maximum absolute atomic E-state index is 14.1. The molecule has 568 valence electrons. The third-order valence-corrected chi connectivity index (χ3v) is 22.4. The highest BCUT2D eigenvalue weighted by Crippen LogP contribution is 2.53. The summed E-state index contributed by atoms with van der Waals surface area (Å²) in [7, 11) is -1.07. The topological polar surface area (TPSA) is 326 Å². The fourth-order valence-corrected chi connectivity index (χ4v) is 16.6. The second-order valence-electron chi connectivity index (χ2n) is 26.9. The predicted octanol–water partition coefficient (Wildman–Crippen LogP) is 12.9. The van der Waals surface area contributed by atoms with Crippen LogP contribution in [0.15, 0.2) is 180 Å². The largest absolute Gasteiger partial charge is 0.497 e. The number of aryl methyl sites for hydroxylation is 1. The van der Waals surface area contributed by atoms with Gasteiger partial charge in [-0.15, -0.1) is 0 Å². The lowest BCUT2D eigenvalue weighted by molar-refractivity contribution is -0.144. The van der Waals surface area contributed by atoms with Gasteiger partial charge in [-0.05, 0) is 122 Å². The number of nitrogens with one attached hydrogen (secondary N) is 3. The Morgan fingerprint density at radius 1 is 0.679 bits per heavy atom. The van der Waals surface area contributed by atoms with Crippen molar-refractivity contribution >= 4 is 51.9 Å². The molecule has 3 aromatic heterocycles. The molecule has 29 heteroatoms. The van der Waals surface area contributed by atoms with Crippen LogP contribution in [0, 0.1) is 29.6 Å². The number of imidazole rings is 1. The molecule has 8 atom stereocenters. The van der Waals surface area contributed by atoms with Gasteiger partial charge in [0.25, 0.3) is 20.0 Å². The molecule has 5 heterocycles. The molecule has 2 fully saturated rings. The lowest BCUT2D eigenvalue weighted by atomic mass is 9.80. The summed E-state index contributed by atoms with van der Waals surface area (Å²) in [5.41, 5.74) is 6.15. The second kappa shape index (κ2) is 37.0. The Kier molecular flexibility index (Phi) is 26.7. The summed E-state index contributed by atoms with van der Waals surface area (Å²) in [4.78, 5) is 82.3. The molecule has 109 heavy (non-hydrogen) atoms. The van der Waals surface area contributed by atoms with Gasteiger partial charge in [0.2, 0.25) is 5.91 Å². The first kappa shape index (κ1) is 78.6. The van der Waals surface area contributed by atoms with Gasteiger partial charge in [-0.2, -0.15) is 10.5 Å². The van der Waals surface area contributed by atoms with Crippen molar-refractivity contribution < 1.29 is 65.4 Å². The third kappa shape index (κ3) is 18.7. The van der Waals surface area contributed by atoms with Gasteiger partial charge in [-0.1, -0.05) is 115 Å². The highest BCUT2D eigenvalue weighted by Gasteiger charge is 2.47. The molecule has 6 aromatic carbocycles. The Morgan fingerprint density at radius 3 is 1.89 bits per heavy atom. The van der Waals surface area contributed by atoms with Crippen molar-refractivity contribution in [1.29, 1.82) is 10.5 Å². The number of ether oxygens (including phenoxy) is 6. The summed E-state index contributed by atoms with van der Waals surface area (Å²) in [6.45, 7) is 9.67. The highest BCUT2D eigenvalue weighted by molar-refractivity contribution is 7.44. The first-order valence-corrected chi connectivity index (χ1v) is 38.3. The minimum absolute atomic E-state index is 0.0274. The van der Waals surface area contributed by atoms with Crippen LogP contribution >= 0.6 is 17.1 Å². The monoisotopic (exact) mass is 1520 g/mol. The predicted molar refractivity (Wildman–Crippen MR) is 405 cm³/mol. The van der Waals surface area contributed by atoms with E-state index in [9.17, 15) is 34.5 Å². The number of nitrogens with zero attached hydrogens (tertiary/aromatic N) is 8. The summed E-state index contributed by atoms with van der Waals surface area (Å²) in [5.74, 6) is 0.226. The Balaban J connectivity index is 0.775. The average molecular weight is 1520 g/mol. The van der Waals surface area contributed by atoms with Gasteiger partial charge < -0.3 is 61.7 Å². The molecular weight excluding hydrogens is 1430 g/mol. The quantitative estimate of drug-likeness (QED) is 0.0142. The van der Waals surface area contributed by atoms with Crippen molar-refractivity contribution in [1.82, 2.24) is 39.1 Å². The molecule has 9 aromatic rings. The standard InChI is InChI=1S/C80H87N11O16P2/c1-51(2)91(52(3)4)108(101-40-16-38-81)106-66-42-71(89-45-53(5)77(94)88-79(89)96)105-69(66)48-103-109(102-41-17-39-82)107-67-43-72(104-68(67)47-100-80(56-18-9-8-10-19-56,57-30-34-59(97-6)35-31-57)58-32-36-60(98-7)37-33-58)90-50-86-74-75(84-49-85-76(74)90)87-78(95)55-28-26-54(27-29-55)44-83-70(92)24-15-25-73(93)99-46-65-63-22-13-11-20-61(63)62-21-12-14-23-64(62)65/h8-14,18-23,26-37,45,49-52,65-69,71-72H,15-17,24-25,40-44,46-48H2,1-7H3,(H,83,92)(H,88,94,96)(H,84,85,87,95). The molecule has 3 aliphatic rings. The van der Waals surface area contributed by atoms with Gasteiger partial charge in [0.15, 0.2) is 17.0 Å². The van der Waals surface area contributed by atoms with E-state index in [0.717, 1.165) is 44.5 Å². The molecule has 0 spiro atoms. The van der Waals surface area contributed by atoms with Crippen LogP contribution in [0.2, 0.25) is 0 Å². The number of esters is 1. The zero-order valence-electron chi connectivity index (χ0n) is 61.6. The number of carbonyl (C=O) groups excluding carboxylic acids is 3. The normalized spacial score (nSPS) is 18.1. The summed E-state index contributed by atoms with van der Waals surface area (Å²) < 4.78 is 76.8. The number of hydrogen-bond acceptors (Lipinski definition) is 22. The van der Waals surface area contributed by atoms with E-state index in [2.05, 4.69) is 66.7 Å². The molecule has 0 saturated carbocycles. The van der Waals surface area contributed by atoms with Crippen molar-refractivity contribution in [3.63, 3.8) is 0 Å². The van der Waals surface area contributed by atoms with E-state index in [1.807, 2.05) is 131 Å². The number of amides is 2. The Labute approximate surface area is 633 Å². The molecule has 2 aliphatic heterocycles. The molecule has 12 rings (SSSR count). The molecule has 0 bridgehead atoms. The van der Waals surface area contributed by atoms with E-state index in [1.54, 1.807) is 50.0 Å². The molecule has 27 nitrogen and oxygen atoms in total. The summed E-state index contributed by atoms with van der Waals surface area (Å²) >= 11 is 0. The number of rotatable bonds is 36. The van der Waals surface area contributed by atoms with Crippen LogP contribution < -0.4 is 31.4 Å². The van der Waals surface area contributed by atoms with Crippen LogP contribution in [0.5, 0.6) is 11.5 Å². The number of fused-ring (bicyclic) bond motifs is 4. The molecular formula is C80H87N11O16P2. The van der Waals surface area contributed by atoms with E-state index in [1.165, 1.54) is 23.4 Å². The highest BCUT2D eigenvalue weighted by atomic mass is 31.2. The van der Waals surface area contributed by atoms with Crippen molar-refractivity contribution in [3.05, 3.63) is 236 Å². The lowest BCUT2D eigenvalue weighted by Gasteiger charge is -2.37. The summed E-state index contributed by atoms with van der Waals surface area (Å²) in [6.07, 6.45) is -0.258. The summed E-state index contributed by atoms with van der Waals surface area (Å²) in [6, 6.07) is 52.2. The molecule has 8 unspecified atom stereocenters. The first-order valence-electron chi connectivity index (χ1n) is 36.1. The fraction of sp³-hybridized carbons (Fsp3) is 0.375. The number of H-pyrrole nitrogens is 1. The van der Waals surface area contributed by atoms with Crippen molar-refractivity contribution in [2.24, 2.45) is 0 Å². The van der Waals surface area contributed by atoms with Crippen molar-refractivity contribution in [2.75, 3.05) is 52.6 Å². The number of aromatic nitrogens is 6. The zero-order valence-corrected chi connectivity index (χ0v) is 63.3. The number of carbonyl (C=O) groups is 3. The Morgan fingerprint density at radius 2 is 1.27 bits per heavy atom. The molecule has 2 saturated heterocycles. The zero-order chi connectivity index (χ0) is 76.6. The molecule has 3 N–H and O–H groups in total. The van der Waals surface area contributed by atoms with Gasteiger partial charge >= 0.3 is 20.3 Å². The lowest BCUT2D eigenvalue weighted by Crippen LogP contribution is -2.38. The van der Waals surface area contributed by atoms with E-state index in [-0.39, 0.29) is 125 Å². The number of benzene rings is 6. The molecule has 2 amide bonds. The number of hydrogen-bond donors (Lipinski definition) is 3. The van der Waals surface area contributed by atoms with Crippen LogP contribution in [0.3, 0.4) is 0 Å². The number of nitriles is 2. The smallest absolute Gasteiger partial charge is 0.333 e. The minimum atomic E-state index is -2.42. The van der Waals surface area contributed by atoms with Crippen molar-refractivity contribution in [3.8, 4) is 34.8 Å². The number of anilines is 1. The van der Waals surface area contributed by atoms with Gasteiger partial charge in [-0.3, -0.25) is 33.3 Å². The van der Waals surface area contributed by atoms with Gasteiger partial charge in [0, 0.05) is 67.6 Å². The molecule has 0 radical (unpaired) electrons. The number of methoxy groups -OCH3 is 2. The maximum Gasteiger partial charge on any atom is 0.333 e. The van der Waals surface area contributed by atoms with Crippen LogP contribution in [-0.2, 0) is 63.3 Å². The van der Waals surface area contributed by atoms with E-state index in [4.69, 9.17) is 56.0 Å². The Hall–Kier alpha value is -9.96. The van der Waals surface area contributed by atoms with Crippen LogP contribution in [-0.4, -0.2) is 135 Å². The summed E-state index contributed by atoms with van der Waals surface area (Å²) in [5, 5.41) is 25.2. The van der Waals surface area contributed by atoms with Crippen LogP contribution in [0.1, 0.15) is 140 Å². The van der Waals surface area contributed by atoms with E-state index >= 15 is 0 Å². The second-order valence-corrected chi connectivity index (χ2v) is 29.4. The fourth-order valence-electron chi connectivity index (χ4n) is 13.7. The van der Waals surface area contributed by atoms with Gasteiger partial charge in [0.05, 0.1) is 84.2 Å². The van der Waals surface area contributed by atoms with Gasteiger partial charge in [-0.25, -0.2) is 24.4 Å². The third-order valence-electron chi connectivity index (χ3n) is 19.1. The van der Waals surface area contributed by atoms with Crippen LogP contribution in [0.4, 0.5) is 5.82 Å². The molecule has 1 aliphatic carbocycles. The average Bonchev–Trinajstić information content (AvgIpc) is 1.49. The van der Waals surface area contributed by atoms with Crippen molar-refractivity contribution in [2.45, 2.75) is 147 Å². The SMILES string of the molecule is COc1ccc(C(OCC2OC(n3cnc4c(NC(=O)c5ccc(CNC(=O)CCCC(=O)OCC6c7ccccc7-c7ccccc76)cc5)ncnc43)CC2OP(OCCC#N)OCC2OC(n3cc(C)c(=O)[nH]c3=O)CC2OP(OCCC#N)N(C(C)C)C(C)C)(c2ccccc2)c2ccc(OC)cc2)cc1. The maximum atomic E-state index is 14.1. The number of aromatic amines is 1. The Bertz CT molecular complexity index is 4700. The minimum Gasteiger partial charge on any atom is -0.497 e. The van der Waals surface area contributed by atoms with E-state index < -0.39 is 76.8 Å². The first-order chi connectivity index (χ1) is 53.0. The van der Waals surface area contributed by atoms with Gasteiger partial charge in [0.1, 0.15) is 54.7 Å². The van der Waals surface area contributed by atoms with E-state index in [0.29, 0.717) is 29.1 Å².